The first kappa shape index (κ1) is 17.6. The first-order valence-electron chi connectivity index (χ1n) is 7.78. The third kappa shape index (κ3) is 3.29. The van der Waals surface area contributed by atoms with Crippen LogP contribution in [-0.2, 0) is 4.79 Å². The van der Waals surface area contributed by atoms with Crippen LogP contribution >= 0.6 is 11.3 Å². The van der Waals surface area contributed by atoms with Crippen molar-refractivity contribution in [3.05, 3.63) is 68.4 Å². The second-order valence-electron chi connectivity index (χ2n) is 5.69. The summed E-state index contributed by atoms with van der Waals surface area (Å²) in [6, 6.07) is 6.88. The van der Waals surface area contributed by atoms with E-state index in [0.29, 0.717) is 21.5 Å². The number of carbonyl (C=O) groups is 2. The van der Waals surface area contributed by atoms with Crippen molar-refractivity contribution in [1.29, 1.82) is 0 Å². The summed E-state index contributed by atoms with van der Waals surface area (Å²) in [5, 5.41) is 3.48. The van der Waals surface area contributed by atoms with Gasteiger partial charge < -0.3 is 15.5 Å². The average Bonchev–Trinajstić information content (AvgIpc) is 2.88. The molecule has 26 heavy (non-hydrogen) atoms. The molecule has 0 unspecified atom stereocenters. The Morgan fingerprint density at radius 1 is 1.23 bits per heavy atom. The lowest BCUT2D eigenvalue weighted by Crippen LogP contribution is -2.16. The summed E-state index contributed by atoms with van der Waals surface area (Å²) < 4.78 is 5.40. The van der Waals surface area contributed by atoms with Gasteiger partial charge in [0.15, 0.2) is 5.43 Å². The van der Waals surface area contributed by atoms with Gasteiger partial charge in [-0.25, -0.2) is 0 Å². The van der Waals surface area contributed by atoms with Crippen LogP contribution in [0.1, 0.15) is 26.4 Å². The van der Waals surface area contributed by atoms with E-state index < -0.39 is 11.8 Å². The van der Waals surface area contributed by atoms with Crippen molar-refractivity contribution in [1.82, 2.24) is 0 Å². The molecular formula is C19H16N2O4S. The van der Waals surface area contributed by atoms with E-state index in [9.17, 15) is 14.4 Å². The third-order valence-corrected chi connectivity index (χ3v) is 5.11. The zero-order valence-electron chi connectivity index (χ0n) is 14.2. The van der Waals surface area contributed by atoms with Gasteiger partial charge in [0, 0.05) is 11.0 Å². The van der Waals surface area contributed by atoms with Crippen LogP contribution < -0.4 is 16.5 Å². The Bertz CT molecular complexity index is 1110. The molecule has 0 saturated carbocycles. The zero-order chi connectivity index (χ0) is 18.8. The fourth-order valence-corrected chi connectivity index (χ4v) is 3.61. The molecular weight excluding hydrogens is 352 g/mol. The lowest BCUT2D eigenvalue weighted by atomic mass is 10.1. The highest BCUT2D eigenvalue weighted by Crippen LogP contribution is 2.32. The Labute approximate surface area is 152 Å². The highest BCUT2D eigenvalue weighted by atomic mass is 32.1. The van der Waals surface area contributed by atoms with Gasteiger partial charge in [-0.2, -0.15) is 0 Å². The number of thiophene rings is 1. The van der Waals surface area contributed by atoms with Gasteiger partial charge in [-0.1, -0.05) is 12.1 Å². The number of amides is 2. The van der Waals surface area contributed by atoms with Gasteiger partial charge in [0.25, 0.3) is 5.91 Å². The molecule has 2 aromatic heterocycles. The highest BCUT2D eigenvalue weighted by Gasteiger charge is 2.18. The molecule has 132 valence electrons. The van der Waals surface area contributed by atoms with E-state index in [2.05, 4.69) is 5.32 Å². The number of aryl methyl sites for hydroxylation is 1. The van der Waals surface area contributed by atoms with Gasteiger partial charge in [-0.15, -0.1) is 11.3 Å². The fraction of sp³-hybridized carbons (Fsp3) is 0.105. The summed E-state index contributed by atoms with van der Waals surface area (Å²) in [6.07, 6.45) is 3.91. The molecule has 3 aromatic rings. The Morgan fingerprint density at radius 2 is 1.96 bits per heavy atom. The van der Waals surface area contributed by atoms with Gasteiger partial charge in [-0.3, -0.25) is 14.4 Å². The molecule has 1 aromatic carbocycles. The largest absolute Gasteiger partial charge is 0.463 e. The van der Waals surface area contributed by atoms with Gasteiger partial charge >= 0.3 is 0 Å². The number of nitrogens with two attached hydrogens (primary N) is 1. The number of para-hydroxylation sites is 1. The summed E-state index contributed by atoms with van der Waals surface area (Å²) in [5.41, 5.74) is 6.95. The van der Waals surface area contributed by atoms with E-state index in [1.54, 1.807) is 31.2 Å². The molecule has 0 bridgehead atoms. The normalized spacial score (nSPS) is 11.2. The molecule has 0 saturated heterocycles. The molecule has 6 nitrogen and oxygen atoms in total. The maximum atomic E-state index is 12.4. The van der Waals surface area contributed by atoms with E-state index >= 15 is 0 Å². The molecule has 3 rings (SSSR count). The maximum Gasteiger partial charge on any atom is 0.251 e. The molecule has 7 heteroatoms. The second kappa shape index (κ2) is 6.97. The SMILES string of the molecule is Cc1sc(NC(=O)/C=C/c2coc3ccccc3c2=O)c(C(N)=O)c1C. The van der Waals surface area contributed by atoms with Crippen molar-refractivity contribution in [2.75, 3.05) is 5.32 Å². The number of primary amides is 1. The first-order valence-corrected chi connectivity index (χ1v) is 8.59. The number of anilines is 1. The molecule has 0 atom stereocenters. The fourth-order valence-electron chi connectivity index (χ4n) is 2.54. The predicted octanol–water partition coefficient (Wildman–Crippen LogP) is 3.22. The molecule has 0 aliphatic heterocycles. The van der Waals surface area contributed by atoms with E-state index in [1.807, 2.05) is 6.92 Å². The standard InChI is InChI=1S/C19H16N2O4S/c1-10-11(2)26-19(16(10)18(20)24)21-15(22)8-7-12-9-25-14-6-4-3-5-13(14)17(12)23/h3-9H,1-2H3,(H2,20,24)(H,21,22)/b8-7+. The third-order valence-electron chi connectivity index (χ3n) is 3.99. The van der Waals surface area contributed by atoms with Gasteiger partial charge in [0.1, 0.15) is 16.8 Å². The molecule has 0 radical (unpaired) electrons. The predicted molar refractivity (Wildman–Crippen MR) is 102 cm³/mol. The maximum absolute atomic E-state index is 12.4. The number of hydrogen-bond donors (Lipinski definition) is 2. The monoisotopic (exact) mass is 368 g/mol. The molecule has 3 N–H and O–H groups in total. The van der Waals surface area contributed by atoms with Crippen LogP contribution in [0.2, 0.25) is 0 Å². The lowest BCUT2D eigenvalue weighted by Gasteiger charge is -2.02. The summed E-state index contributed by atoms with van der Waals surface area (Å²) in [5.74, 6) is -1.07. The molecule has 0 aliphatic rings. The summed E-state index contributed by atoms with van der Waals surface area (Å²) in [4.78, 5) is 37.1. The molecule has 2 amide bonds. The van der Waals surface area contributed by atoms with Crippen LogP contribution in [0.3, 0.4) is 0 Å². The number of nitrogens with one attached hydrogen (secondary N) is 1. The van der Waals surface area contributed by atoms with Crippen molar-refractivity contribution in [3.8, 4) is 0 Å². The highest BCUT2D eigenvalue weighted by molar-refractivity contribution is 7.16. The van der Waals surface area contributed by atoms with Crippen molar-refractivity contribution in [2.45, 2.75) is 13.8 Å². The number of rotatable bonds is 4. The summed E-state index contributed by atoms with van der Waals surface area (Å²) in [6.45, 7) is 3.62. The second-order valence-corrected chi connectivity index (χ2v) is 6.92. The smallest absolute Gasteiger partial charge is 0.251 e. The average molecular weight is 368 g/mol. The van der Waals surface area contributed by atoms with Crippen LogP contribution in [0.5, 0.6) is 0 Å². The van der Waals surface area contributed by atoms with Crippen molar-refractivity contribution < 1.29 is 14.0 Å². The number of carbonyl (C=O) groups excluding carboxylic acids is 2. The Morgan fingerprint density at radius 3 is 2.69 bits per heavy atom. The molecule has 0 fully saturated rings. The number of hydrogen-bond acceptors (Lipinski definition) is 5. The number of benzene rings is 1. The van der Waals surface area contributed by atoms with Gasteiger partial charge in [-0.05, 0) is 37.6 Å². The molecule has 0 aliphatic carbocycles. The van der Waals surface area contributed by atoms with Crippen molar-refractivity contribution in [3.63, 3.8) is 0 Å². The zero-order valence-corrected chi connectivity index (χ0v) is 15.0. The quantitative estimate of drug-likeness (QED) is 0.690. The van der Waals surface area contributed by atoms with Crippen LogP contribution in [0, 0.1) is 13.8 Å². The van der Waals surface area contributed by atoms with Gasteiger partial charge in [0.05, 0.1) is 16.5 Å². The van der Waals surface area contributed by atoms with Crippen LogP contribution in [0.4, 0.5) is 5.00 Å². The lowest BCUT2D eigenvalue weighted by molar-refractivity contribution is -0.111. The van der Waals surface area contributed by atoms with E-state index in [0.717, 1.165) is 10.4 Å². The summed E-state index contributed by atoms with van der Waals surface area (Å²) >= 11 is 1.28. The van der Waals surface area contributed by atoms with Crippen LogP contribution in [-0.4, -0.2) is 11.8 Å². The van der Waals surface area contributed by atoms with E-state index in [-0.39, 0.29) is 11.0 Å². The first-order chi connectivity index (χ1) is 12.4. The topological polar surface area (TPSA) is 102 Å². The summed E-state index contributed by atoms with van der Waals surface area (Å²) in [7, 11) is 0. The van der Waals surface area contributed by atoms with Crippen molar-refractivity contribution in [2.24, 2.45) is 5.73 Å². The van der Waals surface area contributed by atoms with E-state index in [4.69, 9.17) is 10.2 Å². The molecule has 0 spiro atoms. The van der Waals surface area contributed by atoms with E-state index in [1.165, 1.54) is 29.8 Å². The van der Waals surface area contributed by atoms with Crippen LogP contribution in [0.15, 0.2) is 45.8 Å². The molecule has 2 heterocycles. The number of fused-ring (bicyclic) bond motifs is 1. The van der Waals surface area contributed by atoms with Crippen LogP contribution in [0.25, 0.3) is 17.0 Å². The Hall–Kier alpha value is -3.19. The minimum atomic E-state index is -0.596. The Balaban J connectivity index is 1.85. The minimum absolute atomic E-state index is 0.225. The van der Waals surface area contributed by atoms with Gasteiger partial charge in [0.2, 0.25) is 5.91 Å². The van der Waals surface area contributed by atoms with Crippen molar-refractivity contribution >= 4 is 45.2 Å². The minimum Gasteiger partial charge on any atom is -0.463 e. The Kier molecular flexibility index (Phi) is 4.73.